The first-order chi connectivity index (χ1) is 16.6. The summed E-state index contributed by atoms with van der Waals surface area (Å²) in [4.78, 5) is 52.8. The van der Waals surface area contributed by atoms with E-state index in [0.29, 0.717) is 32.6 Å². The fourth-order valence-corrected chi connectivity index (χ4v) is 3.55. The average Bonchev–Trinajstić information content (AvgIpc) is 2.81. The Kier molecular flexibility index (Phi) is 10.8. The molecule has 1 N–H and O–H groups in total. The van der Waals surface area contributed by atoms with Crippen molar-refractivity contribution in [1.29, 1.82) is 0 Å². The van der Waals surface area contributed by atoms with Gasteiger partial charge in [0.2, 0.25) is 5.91 Å². The molecule has 1 atom stereocenters. The van der Waals surface area contributed by atoms with Crippen molar-refractivity contribution in [2.45, 2.75) is 65.2 Å². The van der Waals surface area contributed by atoms with Gasteiger partial charge in [0.15, 0.2) is 0 Å². The summed E-state index contributed by atoms with van der Waals surface area (Å²) < 4.78 is 15.6. The summed E-state index contributed by atoms with van der Waals surface area (Å²) in [6.45, 7) is 8.79. The van der Waals surface area contributed by atoms with Crippen LogP contribution in [0, 0.1) is 0 Å². The molecule has 1 aliphatic heterocycles. The number of rotatable bonds is 9. The topological polar surface area (TPSA) is 114 Å². The van der Waals surface area contributed by atoms with Crippen molar-refractivity contribution in [1.82, 2.24) is 15.1 Å². The number of nitrogens with one attached hydrogen (secondary N) is 1. The standard InChI is InChI=1S/C25H37N3O7/c1-5-33-24(32)28-16-14-27(15-17-28)22(30)20(12-9-13-21(29)35-25(2,3)4)26-23(31)34-18-19-10-7-6-8-11-19/h6-8,10-11,20H,5,9,12-18H2,1-4H3,(H,26,31)/t20-/m0/s1. The quantitative estimate of drug-likeness (QED) is 0.417. The average molecular weight is 492 g/mol. The third-order valence-corrected chi connectivity index (χ3v) is 5.21. The number of nitrogens with zero attached hydrogens (tertiary/aromatic N) is 2. The molecule has 35 heavy (non-hydrogen) atoms. The zero-order chi connectivity index (χ0) is 25.8. The summed E-state index contributed by atoms with van der Waals surface area (Å²) >= 11 is 0. The van der Waals surface area contributed by atoms with Crippen molar-refractivity contribution in [3.05, 3.63) is 35.9 Å². The molecule has 1 fully saturated rings. The number of ether oxygens (including phenoxy) is 3. The maximum absolute atomic E-state index is 13.2. The Morgan fingerprint density at radius 2 is 1.60 bits per heavy atom. The van der Waals surface area contributed by atoms with Gasteiger partial charge in [0, 0.05) is 32.6 Å². The SMILES string of the molecule is CCOC(=O)N1CCN(C(=O)[C@H](CCCC(=O)OC(C)(C)C)NC(=O)OCc2ccccc2)CC1. The number of carbonyl (C=O) groups excluding carboxylic acids is 4. The molecule has 1 aliphatic rings. The highest BCUT2D eigenvalue weighted by molar-refractivity contribution is 5.86. The van der Waals surface area contributed by atoms with Crippen LogP contribution >= 0.6 is 0 Å². The maximum Gasteiger partial charge on any atom is 0.409 e. The van der Waals surface area contributed by atoms with E-state index >= 15 is 0 Å². The summed E-state index contributed by atoms with van der Waals surface area (Å²) in [5.41, 5.74) is 0.232. The first-order valence-corrected chi connectivity index (χ1v) is 12.0. The number of hydrogen-bond donors (Lipinski definition) is 1. The van der Waals surface area contributed by atoms with E-state index < -0.39 is 23.8 Å². The summed E-state index contributed by atoms with van der Waals surface area (Å²) in [6, 6.07) is 8.35. The third-order valence-electron chi connectivity index (χ3n) is 5.21. The predicted molar refractivity (Wildman–Crippen MR) is 128 cm³/mol. The largest absolute Gasteiger partial charge is 0.460 e. The molecule has 10 heteroatoms. The van der Waals surface area contributed by atoms with Gasteiger partial charge in [0.1, 0.15) is 18.2 Å². The Hall–Kier alpha value is -3.30. The molecular formula is C25H37N3O7. The summed E-state index contributed by atoms with van der Waals surface area (Å²) in [5.74, 6) is -0.646. The maximum atomic E-state index is 13.2. The summed E-state index contributed by atoms with van der Waals surface area (Å²) in [7, 11) is 0. The molecule has 1 aromatic rings. The molecule has 0 aromatic heterocycles. The first-order valence-electron chi connectivity index (χ1n) is 12.0. The van der Waals surface area contributed by atoms with Crippen LogP contribution in [0.3, 0.4) is 0 Å². The van der Waals surface area contributed by atoms with Crippen molar-refractivity contribution in [2.75, 3.05) is 32.8 Å². The van der Waals surface area contributed by atoms with Crippen LogP contribution in [0.2, 0.25) is 0 Å². The molecule has 2 rings (SSSR count). The lowest BCUT2D eigenvalue weighted by molar-refractivity contribution is -0.155. The van der Waals surface area contributed by atoms with E-state index in [4.69, 9.17) is 14.2 Å². The number of benzene rings is 1. The Morgan fingerprint density at radius 1 is 0.971 bits per heavy atom. The van der Waals surface area contributed by atoms with Crippen LogP contribution in [0.25, 0.3) is 0 Å². The van der Waals surface area contributed by atoms with Crippen molar-refractivity contribution in [3.8, 4) is 0 Å². The Labute approximate surface area is 206 Å². The van der Waals surface area contributed by atoms with Crippen LogP contribution in [0.5, 0.6) is 0 Å². The van der Waals surface area contributed by atoms with E-state index in [-0.39, 0.29) is 37.9 Å². The number of amides is 3. The highest BCUT2D eigenvalue weighted by atomic mass is 16.6. The van der Waals surface area contributed by atoms with E-state index in [1.54, 1.807) is 37.5 Å². The van der Waals surface area contributed by atoms with Crippen molar-refractivity contribution < 1.29 is 33.4 Å². The Bertz CT molecular complexity index is 846. The molecule has 1 aromatic carbocycles. The van der Waals surface area contributed by atoms with E-state index in [9.17, 15) is 19.2 Å². The van der Waals surface area contributed by atoms with Gasteiger partial charge in [0.05, 0.1) is 6.61 Å². The van der Waals surface area contributed by atoms with Crippen molar-refractivity contribution in [2.24, 2.45) is 0 Å². The van der Waals surface area contributed by atoms with E-state index in [1.807, 2.05) is 30.3 Å². The number of hydrogen-bond acceptors (Lipinski definition) is 7. The van der Waals surface area contributed by atoms with Gasteiger partial charge in [-0.3, -0.25) is 9.59 Å². The Morgan fingerprint density at radius 3 is 2.20 bits per heavy atom. The van der Waals surface area contributed by atoms with Gasteiger partial charge in [-0.25, -0.2) is 9.59 Å². The second kappa shape index (κ2) is 13.6. The van der Waals surface area contributed by atoms with Gasteiger partial charge in [0.25, 0.3) is 0 Å². The van der Waals surface area contributed by atoms with Crippen LogP contribution in [0.1, 0.15) is 52.5 Å². The minimum absolute atomic E-state index is 0.0731. The molecule has 0 bridgehead atoms. The lowest BCUT2D eigenvalue weighted by Gasteiger charge is -2.35. The highest BCUT2D eigenvalue weighted by Crippen LogP contribution is 2.13. The summed E-state index contributed by atoms with van der Waals surface area (Å²) in [6.07, 6.45) is -0.395. The molecule has 0 radical (unpaired) electrons. The lowest BCUT2D eigenvalue weighted by atomic mass is 10.1. The van der Waals surface area contributed by atoms with Crippen LogP contribution in [-0.4, -0.2) is 78.3 Å². The molecule has 194 valence electrons. The third kappa shape index (κ3) is 10.2. The molecule has 1 heterocycles. The van der Waals surface area contributed by atoms with Gasteiger partial charge in [-0.1, -0.05) is 30.3 Å². The smallest absolute Gasteiger partial charge is 0.409 e. The minimum Gasteiger partial charge on any atom is -0.460 e. The van der Waals surface area contributed by atoms with E-state index in [1.165, 1.54) is 0 Å². The van der Waals surface area contributed by atoms with Crippen molar-refractivity contribution >= 4 is 24.1 Å². The molecular weight excluding hydrogens is 454 g/mol. The number of carbonyl (C=O) groups is 4. The minimum atomic E-state index is -0.866. The molecule has 3 amide bonds. The molecule has 0 aliphatic carbocycles. The zero-order valence-electron chi connectivity index (χ0n) is 21.1. The monoisotopic (exact) mass is 491 g/mol. The fourth-order valence-electron chi connectivity index (χ4n) is 3.55. The molecule has 0 saturated carbocycles. The second-order valence-corrected chi connectivity index (χ2v) is 9.25. The first kappa shape index (κ1) is 27.9. The predicted octanol–water partition coefficient (Wildman–Crippen LogP) is 3.09. The van der Waals surface area contributed by atoms with Crippen LogP contribution in [-0.2, 0) is 30.4 Å². The lowest BCUT2D eigenvalue weighted by Crippen LogP contribution is -2.56. The molecule has 0 spiro atoms. The van der Waals surface area contributed by atoms with E-state index in [2.05, 4.69) is 5.32 Å². The molecule has 1 saturated heterocycles. The van der Waals surface area contributed by atoms with Crippen LogP contribution < -0.4 is 5.32 Å². The number of esters is 1. The Balaban J connectivity index is 1.95. The molecule has 10 nitrogen and oxygen atoms in total. The highest BCUT2D eigenvalue weighted by Gasteiger charge is 2.31. The van der Waals surface area contributed by atoms with Gasteiger partial charge >= 0.3 is 18.2 Å². The normalized spacial score (nSPS) is 14.6. The van der Waals surface area contributed by atoms with Gasteiger partial charge < -0.3 is 29.3 Å². The summed E-state index contributed by atoms with van der Waals surface area (Å²) in [5, 5.41) is 2.65. The van der Waals surface area contributed by atoms with Crippen molar-refractivity contribution in [3.63, 3.8) is 0 Å². The van der Waals surface area contributed by atoms with E-state index in [0.717, 1.165) is 5.56 Å². The van der Waals surface area contributed by atoms with Gasteiger partial charge in [-0.15, -0.1) is 0 Å². The van der Waals surface area contributed by atoms with Crippen LogP contribution in [0.4, 0.5) is 9.59 Å². The second-order valence-electron chi connectivity index (χ2n) is 9.25. The fraction of sp³-hybridized carbons (Fsp3) is 0.600. The van der Waals surface area contributed by atoms with Gasteiger partial charge in [-0.2, -0.15) is 0 Å². The van der Waals surface area contributed by atoms with Crippen LogP contribution in [0.15, 0.2) is 30.3 Å². The molecule has 0 unspecified atom stereocenters. The zero-order valence-corrected chi connectivity index (χ0v) is 21.1. The number of piperazine rings is 1. The van der Waals surface area contributed by atoms with Gasteiger partial charge in [-0.05, 0) is 46.1 Å². The number of alkyl carbamates (subject to hydrolysis) is 1.